The molecule has 1 saturated heterocycles. The summed E-state index contributed by atoms with van der Waals surface area (Å²) in [7, 11) is 0. The summed E-state index contributed by atoms with van der Waals surface area (Å²) in [4.78, 5) is 39.6. The van der Waals surface area contributed by atoms with Gasteiger partial charge in [-0.1, -0.05) is 63.9 Å². The molecule has 0 bridgehead atoms. The number of carbonyl (C=O) groups is 3. The number of hydrogen-bond donors (Lipinski definition) is 1. The van der Waals surface area contributed by atoms with E-state index in [9.17, 15) is 14.4 Å². The predicted molar refractivity (Wildman–Crippen MR) is 133 cm³/mol. The van der Waals surface area contributed by atoms with E-state index in [0.29, 0.717) is 22.7 Å². The second-order valence-corrected chi connectivity index (χ2v) is 9.15. The monoisotopic (exact) mass is 522 g/mol. The highest BCUT2D eigenvalue weighted by molar-refractivity contribution is 9.10. The molecule has 1 aliphatic heterocycles. The molecule has 3 aromatic carbocycles. The molecule has 33 heavy (non-hydrogen) atoms. The van der Waals surface area contributed by atoms with Crippen LogP contribution in [0.5, 0.6) is 0 Å². The number of carbonyl (C=O) groups excluding carboxylic acids is 3. The average Bonchev–Trinajstić information content (AvgIpc) is 2.76. The Bertz CT molecular complexity index is 1330. The van der Waals surface area contributed by atoms with Gasteiger partial charge in [-0.25, -0.2) is 9.69 Å². The second-order valence-electron chi connectivity index (χ2n) is 7.86. The largest absolute Gasteiger partial charge is 0.335 e. The first-order valence-electron chi connectivity index (χ1n) is 10.2. The van der Waals surface area contributed by atoms with Crippen LogP contribution >= 0.6 is 27.5 Å². The zero-order valence-corrected chi connectivity index (χ0v) is 20.3. The summed E-state index contributed by atoms with van der Waals surface area (Å²) in [6, 6.07) is 17.9. The van der Waals surface area contributed by atoms with Crippen LogP contribution in [0.4, 0.5) is 10.5 Å². The smallest absolute Gasteiger partial charge is 0.273 e. The van der Waals surface area contributed by atoms with E-state index in [-0.39, 0.29) is 5.57 Å². The molecule has 5 nitrogen and oxygen atoms in total. The van der Waals surface area contributed by atoms with Gasteiger partial charge in [-0.15, -0.1) is 0 Å². The third-order valence-corrected chi connectivity index (χ3v) is 6.46. The molecule has 166 valence electrons. The highest BCUT2D eigenvalue weighted by Crippen LogP contribution is 2.29. The third kappa shape index (κ3) is 4.77. The SMILES string of the molecule is Cc1ccc(C)c(N2C(=O)NC(=O)/C(=C\c3cc(Cl)ccc3Cc3ccccc3Br)C2=O)c1. The first-order valence-corrected chi connectivity index (χ1v) is 11.4. The van der Waals surface area contributed by atoms with E-state index in [1.807, 2.05) is 56.3 Å². The van der Waals surface area contributed by atoms with Crippen molar-refractivity contribution in [2.45, 2.75) is 20.3 Å². The molecule has 1 heterocycles. The number of halogens is 2. The molecule has 7 heteroatoms. The Balaban J connectivity index is 1.78. The summed E-state index contributed by atoms with van der Waals surface area (Å²) in [5.41, 5.74) is 4.51. The molecule has 1 N–H and O–H groups in total. The van der Waals surface area contributed by atoms with E-state index >= 15 is 0 Å². The van der Waals surface area contributed by atoms with Crippen molar-refractivity contribution in [2.24, 2.45) is 0 Å². The number of aryl methyl sites for hydroxylation is 2. The Labute approximate surface area is 205 Å². The molecule has 0 saturated carbocycles. The lowest BCUT2D eigenvalue weighted by Gasteiger charge is -2.28. The highest BCUT2D eigenvalue weighted by Gasteiger charge is 2.37. The van der Waals surface area contributed by atoms with Crippen LogP contribution in [0, 0.1) is 13.8 Å². The molecule has 3 aromatic rings. The Morgan fingerprint density at radius 3 is 2.48 bits per heavy atom. The fraction of sp³-hybridized carbons (Fsp3) is 0.115. The van der Waals surface area contributed by atoms with Crippen LogP contribution in [0.3, 0.4) is 0 Å². The van der Waals surface area contributed by atoms with Gasteiger partial charge in [-0.05, 0) is 78.4 Å². The summed E-state index contributed by atoms with van der Waals surface area (Å²) in [6.07, 6.45) is 2.06. The first kappa shape index (κ1) is 23.0. The maximum absolute atomic E-state index is 13.4. The fourth-order valence-corrected chi connectivity index (χ4v) is 4.31. The molecule has 0 atom stereocenters. The molecular formula is C26H20BrClN2O3. The number of rotatable bonds is 4. The van der Waals surface area contributed by atoms with Gasteiger partial charge in [-0.2, -0.15) is 0 Å². The summed E-state index contributed by atoms with van der Waals surface area (Å²) in [6.45, 7) is 3.68. The van der Waals surface area contributed by atoms with Crippen molar-refractivity contribution in [3.63, 3.8) is 0 Å². The number of anilines is 1. The van der Waals surface area contributed by atoms with Gasteiger partial charge in [0.25, 0.3) is 11.8 Å². The molecule has 1 aliphatic rings. The maximum atomic E-state index is 13.4. The Kier molecular flexibility index (Phi) is 6.49. The summed E-state index contributed by atoms with van der Waals surface area (Å²) < 4.78 is 0.955. The molecular weight excluding hydrogens is 504 g/mol. The lowest BCUT2D eigenvalue weighted by atomic mass is 9.97. The Morgan fingerprint density at radius 1 is 0.970 bits per heavy atom. The highest BCUT2D eigenvalue weighted by atomic mass is 79.9. The topological polar surface area (TPSA) is 66.5 Å². The van der Waals surface area contributed by atoms with Crippen LogP contribution in [0.2, 0.25) is 5.02 Å². The van der Waals surface area contributed by atoms with Crippen molar-refractivity contribution in [2.75, 3.05) is 4.90 Å². The molecule has 0 aliphatic carbocycles. The Morgan fingerprint density at radius 2 is 1.73 bits per heavy atom. The fourth-order valence-electron chi connectivity index (χ4n) is 3.70. The zero-order valence-electron chi connectivity index (χ0n) is 18.0. The number of hydrogen-bond acceptors (Lipinski definition) is 3. The van der Waals surface area contributed by atoms with Gasteiger partial charge in [-0.3, -0.25) is 14.9 Å². The van der Waals surface area contributed by atoms with Crippen molar-refractivity contribution in [3.05, 3.63) is 104 Å². The molecule has 0 unspecified atom stereocenters. The average molecular weight is 524 g/mol. The van der Waals surface area contributed by atoms with E-state index in [1.54, 1.807) is 18.2 Å². The maximum Gasteiger partial charge on any atom is 0.335 e. The van der Waals surface area contributed by atoms with Crippen molar-refractivity contribution in [1.29, 1.82) is 0 Å². The number of barbiturate groups is 1. The Hall–Kier alpha value is -3.22. The molecule has 0 radical (unpaired) electrons. The van der Waals surface area contributed by atoms with Gasteiger partial charge in [0.15, 0.2) is 0 Å². The van der Waals surface area contributed by atoms with Crippen LogP contribution in [0.25, 0.3) is 6.08 Å². The predicted octanol–water partition coefficient (Wildman–Crippen LogP) is 5.98. The second kappa shape index (κ2) is 9.33. The normalized spacial score (nSPS) is 15.2. The van der Waals surface area contributed by atoms with E-state index in [4.69, 9.17) is 11.6 Å². The standard InChI is InChI=1S/C26H20BrClN2O3/c1-15-7-8-16(2)23(11-15)30-25(32)21(24(31)29-26(30)33)14-19-13-20(28)10-9-17(19)12-18-5-3-4-6-22(18)27/h3-11,13-14H,12H2,1-2H3,(H,29,31,33)/b21-14+. The minimum absolute atomic E-state index is 0.133. The molecule has 1 fully saturated rings. The van der Waals surface area contributed by atoms with E-state index in [2.05, 4.69) is 21.2 Å². The lowest BCUT2D eigenvalue weighted by molar-refractivity contribution is -0.122. The lowest BCUT2D eigenvalue weighted by Crippen LogP contribution is -2.54. The van der Waals surface area contributed by atoms with Crippen molar-refractivity contribution in [1.82, 2.24) is 5.32 Å². The third-order valence-electron chi connectivity index (χ3n) is 5.45. The number of nitrogens with one attached hydrogen (secondary N) is 1. The van der Waals surface area contributed by atoms with Gasteiger partial charge in [0, 0.05) is 9.50 Å². The van der Waals surface area contributed by atoms with Crippen LogP contribution in [0.1, 0.15) is 27.8 Å². The van der Waals surface area contributed by atoms with Gasteiger partial charge in [0.05, 0.1) is 5.69 Å². The van der Waals surface area contributed by atoms with Gasteiger partial charge in [0.2, 0.25) is 0 Å². The number of benzene rings is 3. The van der Waals surface area contributed by atoms with Crippen molar-refractivity contribution >= 4 is 57.1 Å². The quantitative estimate of drug-likeness (QED) is 0.338. The van der Waals surface area contributed by atoms with Crippen LogP contribution < -0.4 is 10.2 Å². The van der Waals surface area contributed by atoms with E-state index < -0.39 is 17.8 Å². The number of imide groups is 2. The van der Waals surface area contributed by atoms with Crippen LogP contribution in [-0.4, -0.2) is 17.8 Å². The van der Waals surface area contributed by atoms with E-state index in [0.717, 1.165) is 31.6 Å². The van der Waals surface area contributed by atoms with Crippen LogP contribution in [-0.2, 0) is 16.0 Å². The summed E-state index contributed by atoms with van der Waals surface area (Å²) in [5.74, 6) is -1.41. The summed E-state index contributed by atoms with van der Waals surface area (Å²) >= 11 is 9.80. The number of amides is 4. The first-order chi connectivity index (χ1) is 15.7. The van der Waals surface area contributed by atoms with Crippen molar-refractivity contribution in [3.8, 4) is 0 Å². The van der Waals surface area contributed by atoms with Gasteiger partial charge >= 0.3 is 6.03 Å². The van der Waals surface area contributed by atoms with Gasteiger partial charge in [0.1, 0.15) is 5.57 Å². The molecule has 0 spiro atoms. The number of nitrogens with zero attached hydrogens (tertiary/aromatic N) is 1. The molecule has 4 rings (SSSR count). The van der Waals surface area contributed by atoms with E-state index in [1.165, 1.54) is 6.08 Å². The minimum atomic E-state index is -0.768. The van der Waals surface area contributed by atoms with Crippen LogP contribution in [0.15, 0.2) is 70.7 Å². The molecule has 0 aromatic heterocycles. The number of urea groups is 1. The summed E-state index contributed by atoms with van der Waals surface area (Å²) in [5, 5.41) is 2.76. The van der Waals surface area contributed by atoms with Gasteiger partial charge < -0.3 is 0 Å². The minimum Gasteiger partial charge on any atom is -0.273 e. The van der Waals surface area contributed by atoms with Crippen molar-refractivity contribution < 1.29 is 14.4 Å². The zero-order chi connectivity index (χ0) is 23.7. The molecule has 4 amide bonds.